The average Bonchev–Trinajstić information content (AvgIpc) is 3.03. The Kier molecular flexibility index (Phi) is 1.96. The van der Waals surface area contributed by atoms with E-state index in [4.69, 9.17) is 5.73 Å². The maximum Gasteiger partial charge on any atom is 0.130 e. The molecule has 1 aliphatic carbocycles. The van der Waals surface area contributed by atoms with Gasteiger partial charge in [-0.25, -0.2) is 9.07 Å². The van der Waals surface area contributed by atoms with Gasteiger partial charge in [-0.05, 0) is 37.0 Å². The molecule has 1 aromatic carbocycles. The summed E-state index contributed by atoms with van der Waals surface area (Å²) in [6, 6.07) is 6.29. The summed E-state index contributed by atoms with van der Waals surface area (Å²) in [5.41, 5.74) is 7.76. The van der Waals surface area contributed by atoms with Crippen molar-refractivity contribution in [2.24, 2.45) is 0 Å². The van der Waals surface area contributed by atoms with Gasteiger partial charge in [-0.1, -0.05) is 6.07 Å². The number of anilines is 1. The SMILES string of the molecule is Nc1c(C2CC2)cnn1-c1cccc(F)c1. The molecule has 1 saturated carbocycles. The third kappa shape index (κ3) is 1.46. The van der Waals surface area contributed by atoms with E-state index in [2.05, 4.69) is 5.10 Å². The van der Waals surface area contributed by atoms with Crippen molar-refractivity contribution in [1.29, 1.82) is 0 Å². The molecule has 0 unspecified atom stereocenters. The first-order valence-electron chi connectivity index (χ1n) is 5.35. The Morgan fingerprint density at radius 2 is 2.19 bits per heavy atom. The molecule has 1 aromatic heterocycles. The van der Waals surface area contributed by atoms with Gasteiger partial charge in [0.15, 0.2) is 0 Å². The van der Waals surface area contributed by atoms with Gasteiger partial charge in [0.05, 0.1) is 11.9 Å². The van der Waals surface area contributed by atoms with Crippen LogP contribution in [0.25, 0.3) is 5.69 Å². The fraction of sp³-hybridized carbons (Fsp3) is 0.250. The highest BCUT2D eigenvalue weighted by Gasteiger charge is 2.28. The van der Waals surface area contributed by atoms with Gasteiger partial charge in [0, 0.05) is 5.56 Å². The molecule has 82 valence electrons. The van der Waals surface area contributed by atoms with Crippen molar-refractivity contribution in [2.45, 2.75) is 18.8 Å². The van der Waals surface area contributed by atoms with E-state index in [9.17, 15) is 4.39 Å². The molecule has 3 nitrogen and oxygen atoms in total. The van der Waals surface area contributed by atoms with Crippen LogP contribution in [0.2, 0.25) is 0 Å². The van der Waals surface area contributed by atoms with Crippen molar-refractivity contribution in [2.75, 3.05) is 5.73 Å². The summed E-state index contributed by atoms with van der Waals surface area (Å²) in [5, 5.41) is 4.21. The largest absolute Gasteiger partial charge is 0.383 e. The summed E-state index contributed by atoms with van der Waals surface area (Å²) >= 11 is 0. The van der Waals surface area contributed by atoms with Crippen LogP contribution in [0.15, 0.2) is 30.5 Å². The minimum absolute atomic E-state index is 0.277. The highest BCUT2D eigenvalue weighted by Crippen LogP contribution is 2.42. The summed E-state index contributed by atoms with van der Waals surface area (Å²) in [6.45, 7) is 0. The smallest absolute Gasteiger partial charge is 0.130 e. The summed E-state index contributed by atoms with van der Waals surface area (Å²) < 4.78 is 14.7. The second kappa shape index (κ2) is 3.33. The zero-order valence-corrected chi connectivity index (χ0v) is 8.73. The van der Waals surface area contributed by atoms with Gasteiger partial charge in [0.1, 0.15) is 11.6 Å². The van der Waals surface area contributed by atoms with Crippen LogP contribution in [0.4, 0.5) is 10.2 Å². The average molecular weight is 217 g/mol. The van der Waals surface area contributed by atoms with Crippen molar-refractivity contribution >= 4 is 5.82 Å². The van der Waals surface area contributed by atoms with Crippen LogP contribution >= 0.6 is 0 Å². The van der Waals surface area contributed by atoms with E-state index in [0.717, 1.165) is 5.56 Å². The quantitative estimate of drug-likeness (QED) is 0.839. The Balaban J connectivity index is 2.06. The molecule has 0 radical (unpaired) electrons. The molecule has 0 aliphatic heterocycles. The molecule has 0 saturated heterocycles. The van der Waals surface area contributed by atoms with Gasteiger partial charge < -0.3 is 5.73 Å². The number of nitrogens with two attached hydrogens (primary N) is 1. The van der Waals surface area contributed by atoms with E-state index in [0.29, 0.717) is 17.4 Å². The number of rotatable bonds is 2. The van der Waals surface area contributed by atoms with Crippen molar-refractivity contribution in [3.05, 3.63) is 41.8 Å². The number of hydrogen-bond donors (Lipinski definition) is 1. The third-order valence-corrected chi connectivity index (χ3v) is 2.91. The molecular weight excluding hydrogens is 205 g/mol. The summed E-state index contributed by atoms with van der Waals surface area (Å²) in [4.78, 5) is 0. The van der Waals surface area contributed by atoms with E-state index in [1.165, 1.54) is 25.0 Å². The predicted molar refractivity (Wildman–Crippen MR) is 59.9 cm³/mol. The van der Waals surface area contributed by atoms with Crippen molar-refractivity contribution in [1.82, 2.24) is 9.78 Å². The molecule has 1 heterocycles. The first-order valence-corrected chi connectivity index (χ1v) is 5.35. The van der Waals surface area contributed by atoms with E-state index < -0.39 is 0 Å². The third-order valence-electron chi connectivity index (χ3n) is 2.91. The van der Waals surface area contributed by atoms with Crippen LogP contribution < -0.4 is 5.73 Å². The second-order valence-corrected chi connectivity index (χ2v) is 4.15. The molecule has 4 heteroatoms. The monoisotopic (exact) mass is 217 g/mol. The van der Waals surface area contributed by atoms with Gasteiger partial charge >= 0.3 is 0 Å². The standard InChI is InChI=1S/C12H12FN3/c13-9-2-1-3-10(6-9)16-12(14)11(7-15-16)8-4-5-8/h1-3,6-8H,4-5,14H2. The van der Waals surface area contributed by atoms with Crippen LogP contribution in [0, 0.1) is 5.82 Å². The maximum atomic E-state index is 13.1. The molecule has 0 amide bonds. The van der Waals surface area contributed by atoms with Crippen LogP contribution in [0.3, 0.4) is 0 Å². The van der Waals surface area contributed by atoms with E-state index in [-0.39, 0.29) is 5.82 Å². The number of nitrogen functional groups attached to an aromatic ring is 1. The number of benzene rings is 1. The molecule has 3 rings (SSSR count). The molecule has 2 N–H and O–H groups in total. The Labute approximate surface area is 92.7 Å². The molecule has 0 bridgehead atoms. The van der Waals surface area contributed by atoms with E-state index >= 15 is 0 Å². The van der Waals surface area contributed by atoms with Crippen LogP contribution in [0.5, 0.6) is 0 Å². The molecule has 1 fully saturated rings. The molecule has 0 spiro atoms. The minimum atomic E-state index is -0.277. The Hall–Kier alpha value is -1.84. The molecular formula is C12H12FN3. The van der Waals surface area contributed by atoms with E-state index in [1.807, 2.05) is 0 Å². The summed E-state index contributed by atoms with van der Waals surface area (Å²) in [6.07, 6.45) is 4.15. The highest BCUT2D eigenvalue weighted by atomic mass is 19.1. The minimum Gasteiger partial charge on any atom is -0.383 e. The summed E-state index contributed by atoms with van der Waals surface area (Å²) in [5.74, 6) is 0.913. The van der Waals surface area contributed by atoms with Crippen molar-refractivity contribution in [3.8, 4) is 5.69 Å². The maximum absolute atomic E-state index is 13.1. The van der Waals surface area contributed by atoms with Crippen LogP contribution in [0.1, 0.15) is 24.3 Å². The van der Waals surface area contributed by atoms with Crippen LogP contribution in [-0.2, 0) is 0 Å². The van der Waals surface area contributed by atoms with Gasteiger partial charge in [-0.15, -0.1) is 0 Å². The van der Waals surface area contributed by atoms with Gasteiger partial charge in [0.2, 0.25) is 0 Å². The van der Waals surface area contributed by atoms with Gasteiger partial charge in [0.25, 0.3) is 0 Å². The second-order valence-electron chi connectivity index (χ2n) is 4.15. The van der Waals surface area contributed by atoms with Gasteiger partial charge in [-0.3, -0.25) is 0 Å². The first-order chi connectivity index (χ1) is 7.75. The lowest BCUT2D eigenvalue weighted by molar-refractivity contribution is 0.625. The fourth-order valence-corrected chi connectivity index (χ4v) is 1.89. The fourth-order valence-electron chi connectivity index (χ4n) is 1.89. The predicted octanol–water partition coefficient (Wildman–Crippen LogP) is 2.47. The first kappa shape index (κ1) is 9.39. The van der Waals surface area contributed by atoms with Crippen molar-refractivity contribution in [3.63, 3.8) is 0 Å². The Morgan fingerprint density at radius 3 is 2.88 bits per heavy atom. The van der Waals surface area contributed by atoms with Gasteiger partial charge in [-0.2, -0.15) is 5.10 Å². The molecule has 16 heavy (non-hydrogen) atoms. The molecule has 1 aliphatic rings. The number of hydrogen-bond acceptors (Lipinski definition) is 2. The molecule has 0 atom stereocenters. The summed E-state index contributed by atoms with van der Waals surface area (Å²) in [7, 11) is 0. The Bertz CT molecular complexity index is 529. The zero-order chi connectivity index (χ0) is 11.1. The lowest BCUT2D eigenvalue weighted by Gasteiger charge is -2.04. The normalized spacial score (nSPS) is 15.3. The molecule has 2 aromatic rings. The number of halogens is 1. The van der Waals surface area contributed by atoms with Crippen LogP contribution in [-0.4, -0.2) is 9.78 Å². The number of aromatic nitrogens is 2. The lowest BCUT2D eigenvalue weighted by atomic mass is 10.2. The van der Waals surface area contributed by atoms with E-state index in [1.54, 1.807) is 23.0 Å². The van der Waals surface area contributed by atoms with Crippen molar-refractivity contribution < 1.29 is 4.39 Å². The highest BCUT2D eigenvalue weighted by molar-refractivity contribution is 5.49. The topological polar surface area (TPSA) is 43.8 Å². The lowest BCUT2D eigenvalue weighted by Crippen LogP contribution is -2.03. The Morgan fingerprint density at radius 1 is 1.38 bits per heavy atom. The number of nitrogens with zero attached hydrogens (tertiary/aromatic N) is 2. The zero-order valence-electron chi connectivity index (χ0n) is 8.73.